The van der Waals surface area contributed by atoms with E-state index in [-0.39, 0.29) is 12.3 Å². The third-order valence-corrected chi connectivity index (χ3v) is 2.92. The topological polar surface area (TPSA) is 62.1 Å². The van der Waals surface area contributed by atoms with Crippen LogP contribution < -0.4 is 5.32 Å². The van der Waals surface area contributed by atoms with Gasteiger partial charge in [0.2, 0.25) is 0 Å². The number of hydrogen-bond acceptors (Lipinski definition) is 3. The van der Waals surface area contributed by atoms with Gasteiger partial charge in [-0.25, -0.2) is 0 Å². The number of rotatable bonds is 9. The van der Waals surface area contributed by atoms with E-state index < -0.39 is 0 Å². The van der Waals surface area contributed by atoms with Crippen LogP contribution in [0.5, 0.6) is 0 Å². The second-order valence-corrected chi connectivity index (χ2v) is 4.57. The number of amides is 1. The number of nitrogens with one attached hydrogen (secondary N) is 1. The van der Waals surface area contributed by atoms with E-state index in [4.69, 9.17) is 10.00 Å². The van der Waals surface area contributed by atoms with Gasteiger partial charge in [-0.05, 0) is 24.5 Å². The summed E-state index contributed by atoms with van der Waals surface area (Å²) in [5.41, 5.74) is 1.35. The number of nitrogens with zero attached hydrogens (tertiary/aromatic N) is 1. The van der Waals surface area contributed by atoms with E-state index in [9.17, 15) is 4.79 Å². The number of carbonyl (C=O) groups excluding carboxylic acids is 1. The zero-order valence-electron chi connectivity index (χ0n) is 12.0. The first-order valence-electron chi connectivity index (χ1n) is 7.10. The maximum absolute atomic E-state index is 12.0. The molecule has 4 nitrogen and oxygen atoms in total. The van der Waals surface area contributed by atoms with Crippen LogP contribution in [0.1, 0.15) is 42.1 Å². The lowest BCUT2D eigenvalue weighted by atomic mass is 10.0. The molecule has 0 aliphatic heterocycles. The molecule has 0 saturated carbocycles. The van der Waals surface area contributed by atoms with E-state index in [0.717, 1.165) is 31.4 Å². The highest BCUT2D eigenvalue weighted by molar-refractivity contribution is 5.95. The molecule has 1 aromatic carbocycles. The van der Waals surface area contributed by atoms with Crippen LogP contribution in [0.25, 0.3) is 0 Å². The van der Waals surface area contributed by atoms with Crippen molar-refractivity contribution in [1.82, 2.24) is 5.32 Å². The molecule has 20 heavy (non-hydrogen) atoms. The highest BCUT2D eigenvalue weighted by Gasteiger charge is 2.09. The Morgan fingerprint density at radius 2 is 2.05 bits per heavy atom. The van der Waals surface area contributed by atoms with E-state index >= 15 is 0 Å². The monoisotopic (exact) mass is 274 g/mol. The van der Waals surface area contributed by atoms with E-state index in [0.29, 0.717) is 18.7 Å². The number of nitriles is 1. The average molecular weight is 274 g/mol. The molecule has 0 spiro atoms. The van der Waals surface area contributed by atoms with Gasteiger partial charge in [0.25, 0.3) is 5.91 Å². The third-order valence-electron chi connectivity index (χ3n) is 2.92. The van der Waals surface area contributed by atoms with Crippen LogP contribution in [-0.2, 0) is 11.2 Å². The molecule has 4 heteroatoms. The van der Waals surface area contributed by atoms with Crippen molar-refractivity contribution in [2.45, 2.75) is 32.6 Å². The first-order chi connectivity index (χ1) is 9.79. The predicted octanol–water partition coefficient (Wildman–Crippen LogP) is 2.69. The largest absolute Gasteiger partial charge is 0.381 e. The quantitative estimate of drug-likeness (QED) is 0.704. The second-order valence-electron chi connectivity index (χ2n) is 4.57. The van der Waals surface area contributed by atoms with E-state index in [2.05, 4.69) is 18.3 Å². The fraction of sp³-hybridized carbons (Fsp3) is 0.500. The van der Waals surface area contributed by atoms with Crippen molar-refractivity contribution in [3.8, 4) is 6.07 Å². The van der Waals surface area contributed by atoms with Crippen LogP contribution in [0.3, 0.4) is 0 Å². The molecule has 0 heterocycles. The Morgan fingerprint density at radius 3 is 2.80 bits per heavy atom. The SMILES string of the molecule is CCCCOCCCNC(=O)c1ccccc1CC#N. The van der Waals surface area contributed by atoms with Crippen LogP contribution in [0.2, 0.25) is 0 Å². The fourth-order valence-electron chi connectivity index (χ4n) is 1.80. The van der Waals surface area contributed by atoms with E-state index in [1.807, 2.05) is 18.2 Å². The Bertz CT molecular complexity index is 452. The summed E-state index contributed by atoms with van der Waals surface area (Å²) in [6.45, 7) is 4.17. The molecule has 0 bridgehead atoms. The Balaban J connectivity index is 2.31. The van der Waals surface area contributed by atoms with Crippen molar-refractivity contribution >= 4 is 5.91 Å². The van der Waals surface area contributed by atoms with Crippen molar-refractivity contribution in [3.05, 3.63) is 35.4 Å². The van der Waals surface area contributed by atoms with Gasteiger partial charge in [0.1, 0.15) is 0 Å². The van der Waals surface area contributed by atoms with Crippen LogP contribution in [0, 0.1) is 11.3 Å². The molecule has 1 amide bonds. The lowest BCUT2D eigenvalue weighted by Crippen LogP contribution is -2.26. The van der Waals surface area contributed by atoms with Gasteiger partial charge >= 0.3 is 0 Å². The number of benzene rings is 1. The van der Waals surface area contributed by atoms with Crippen LogP contribution >= 0.6 is 0 Å². The summed E-state index contributed by atoms with van der Waals surface area (Å²) in [5.74, 6) is -0.121. The molecule has 1 rings (SSSR count). The van der Waals surface area contributed by atoms with Crippen molar-refractivity contribution in [1.29, 1.82) is 5.26 Å². The Morgan fingerprint density at radius 1 is 1.30 bits per heavy atom. The molecule has 0 radical (unpaired) electrons. The highest BCUT2D eigenvalue weighted by atomic mass is 16.5. The van der Waals surface area contributed by atoms with Gasteiger partial charge in [-0.15, -0.1) is 0 Å². The average Bonchev–Trinajstić information content (AvgIpc) is 2.47. The molecular weight excluding hydrogens is 252 g/mol. The summed E-state index contributed by atoms with van der Waals surface area (Å²) < 4.78 is 5.43. The molecule has 0 atom stereocenters. The van der Waals surface area contributed by atoms with Gasteiger partial charge in [-0.3, -0.25) is 4.79 Å². The van der Waals surface area contributed by atoms with Crippen molar-refractivity contribution in [2.75, 3.05) is 19.8 Å². The minimum absolute atomic E-state index is 0.121. The molecule has 108 valence electrons. The van der Waals surface area contributed by atoms with Gasteiger partial charge in [0.15, 0.2) is 0 Å². The van der Waals surface area contributed by atoms with E-state index in [1.165, 1.54) is 0 Å². The van der Waals surface area contributed by atoms with E-state index in [1.54, 1.807) is 6.07 Å². The predicted molar refractivity (Wildman–Crippen MR) is 78.4 cm³/mol. The molecule has 0 aromatic heterocycles. The summed E-state index contributed by atoms with van der Waals surface area (Å²) in [7, 11) is 0. The van der Waals surface area contributed by atoms with Gasteiger partial charge in [0.05, 0.1) is 12.5 Å². The van der Waals surface area contributed by atoms with Gasteiger partial charge in [0, 0.05) is 25.3 Å². The second kappa shape index (κ2) is 9.99. The maximum atomic E-state index is 12.0. The Kier molecular flexibility index (Phi) is 8.09. The molecule has 1 N–H and O–H groups in total. The normalized spacial score (nSPS) is 10.0. The van der Waals surface area contributed by atoms with Crippen molar-refractivity contribution < 1.29 is 9.53 Å². The van der Waals surface area contributed by atoms with Crippen LogP contribution in [-0.4, -0.2) is 25.7 Å². The van der Waals surface area contributed by atoms with Crippen LogP contribution in [0.4, 0.5) is 0 Å². The summed E-state index contributed by atoms with van der Waals surface area (Å²) in [6, 6.07) is 9.28. The Hall–Kier alpha value is -1.86. The molecule has 0 aliphatic carbocycles. The molecular formula is C16H22N2O2. The zero-order chi connectivity index (χ0) is 14.6. The number of hydrogen-bond donors (Lipinski definition) is 1. The molecule has 0 aliphatic rings. The van der Waals surface area contributed by atoms with Crippen molar-refractivity contribution in [2.24, 2.45) is 0 Å². The molecule has 0 unspecified atom stereocenters. The van der Waals surface area contributed by atoms with Gasteiger partial charge < -0.3 is 10.1 Å². The third kappa shape index (κ3) is 5.85. The van der Waals surface area contributed by atoms with Crippen molar-refractivity contribution in [3.63, 3.8) is 0 Å². The first-order valence-corrected chi connectivity index (χ1v) is 7.10. The molecule has 0 fully saturated rings. The summed E-state index contributed by atoms with van der Waals surface area (Å²) >= 11 is 0. The zero-order valence-corrected chi connectivity index (χ0v) is 12.0. The Labute approximate surface area is 120 Å². The number of ether oxygens (including phenoxy) is 1. The molecule has 0 saturated heterocycles. The lowest BCUT2D eigenvalue weighted by molar-refractivity contribution is 0.0939. The van der Waals surface area contributed by atoms with Crippen LogP contribution in [0.15, 0.2) is 24.3 Å². The lowest BCUT2D eigenvalue weighted by Gasteiger charge is -2.08. The highest BCUT2D eigenvalue weighted by Crippen LogP contribution is 2.09. The molecule has 1 aromatic rings. The minimum atomic E-state index is -0.121. The fourth-order valence-corrected chi connectivity index (χ4v) is 1.80. The first kappa shape index (κ1) is 16.2. The number of carbonyl (C=O) groups is 1. The number of unbranched alkanes of at least 4 members (excludes halogenated alkanes) is 1. The summed E-state index contributed by atoms with van der Waals surface area (Å²) in [5, 5.41) is 11.6. The summed E-state index contributed by atoms with van der Waals surface area (Å²) in [6.07, 6.45) is 3.26. The smallest absolute Gasteiger partial charge is 0.251 e. The summed E-state index contributed by atoms with van der Waals surface area (Å²) in [4.78, 5) is 12.0. The maximum Gasteiger partial charge on any atom is 0.251 e. The van der Waals surface area contributed by atoms with Gasteiger partial charge in [-0.1, -0.05) is 31.5 Å². The van der Waals surface area contributed by atoms with Gasteiger partial charge in [-0.2, -0.15) is 5.26 Å². The minimum Gasteiger partial charge on any atom is -0.381 e. The standard InChI is InChI=1S/C16H22N2O2/c1-2-3-12-20-13-6-11-18-16(19)15-8-5-4-7-14(15)9-10-17/h4-5,7-8H,2-3,6,9,11-13H2,1H3,(H,18,19).